The van der Waals surface area contributed by atoms with E-state index in [1.165, 1.54) is 31.4 Å². The van der Waals surface area contributed by atoms with Gasteiger partial charge >= 0.3 is 0 Å². The number of furan rings is 1. The summed E-state index contributed by atoms with van der Waals surface area (Å²) >= 11 is 0. The summed E-state index contributed by atoms with van der Waals surface area (Å²) in [5, 5.41) is 0. The number of rotatable bonds is 2. The van der Waals surface area contributed by atoms with Crippen LogP contribution in [0.5, 0.6) is 0 Å². The van der Waals surface area contributed by atoms with Crippen molar-refractivity contribution in [1.29, 1.82) is 0 Å². The Balaban J connectivity index is 1.75. The SMILES string of the molecule is Cc1cc(C(C)N2CC3CCCC(N)C3C2)c(C)o1. The first-order chi connectivity index (χ1) is 9.06. The number of fused-ring (bicyclic) bond motifs is 1. The van der Waals surface area contributed by atoms with E-state index >= 15 is 0 Å². The fourth-order valence-corrected chi connectivity index (χ4v) is 4.13. The van der Waals surface area contributed by atoms with Gasteiger partial charge in [0.2, 0.25) is 0 Å². The molecule has 1 saturated heterocycles. The first-order valence-electron chi connectivity index (χ1n) is 7.63. The van der Waals surface area contributed by atoms with E-state index in [2.05, 4.69) is 24.8 Å². The molecule has 1 saturated carbocycles. The molecule has 0 spiro atoms. The molecule has 0 aromatic carbocycles. The number of aryl methyl sites for hydroxylation is 2. The van der Waals surface area contributed by atoms with Gasteiger partial charge in [-0.1, -0.05) is 6.42 Å². The first kappa shape index (κ1) is 13.2. The summed E-state index contributed by atoms with van der Waals surface area (Å²) in [6.07, 6.45) is 3.90. The molecule has 1 aromatic rings. The van der Waals surface area contributed by atoms with Crippen molar-refractivity contribution < 1.29 is 4.42 Å². The zero-order chi connectivity index (χ0) is 13.6. The van der Waals surface area contributed by atoms with Crippen molar-refractivity contribution in [1.82, 2.24) is 4.90 Å². The molecule has 1 aromatic heterocycles. The maximum absolute atomic E-state index is 6.31. The summed E-state index contributed by atoms with van der Waals surface area (Å²) in [4.78, 5) is 2.61. The zero-order valence-corrected chi connectivity index (χ0v) is 12.4. The van der Waals surface area contributed by atoms with Gasteiger partial charge in [-0.15, -0.1) is 0 Å². The summed E-state index contributed by atoms with van der Waals surface area (Å²) in [6.45, 7) is 8.79. The lowest BCUT2D eigenvalue weighted by Gasteiger charge is -2.30. The average Bonchev–Trinajstić information content (AvgIpc) is 2.93. The minimum Gasteiger partial charge on any atom is -0.466 e. The highest BCUT2D eigenvalue weighted by molar-refractivity contribution is 5.24. The summed E-state index contributed by atoms with van der Waals surface area (Å²) in [6, 6.07) is 3.07. The molecular formula is C16H26N2O. The Morgan fingerprint density at radius 2 is 2.11 bits per heavy atom. The van der Waals surface area contributed by atoms with Crippen molar-refractivity contribution in [2.24, 2.45) is 17.6 Å². The normalized spacial score (nSPS) is 33.4. The third-order valence-corrected chi connectivity index (χ3v) is 5.26. The lowest BCUT2D eigenvalue weighted by atomic mass is 9.78. The highest BCUT2D eigenvalue weighted by Gasteiger charge is 2.40. The second kappa shape index (κ2) is 4.95. The van der Waals surface area contributed by atoms with Gasteiger partial charge in [0.15, 0.2) is 0 Å². The first-order valence-corrected chi connectivity index (χ1v) is 7.63. The van der Waals surface area contributed by atoms with E-state index in [1.807, 2.05) is 6.92 Å². The second-order valence-corrected chi connectivity index (χ2v) is 6.52. The van der Waals surface area contributed by atoms with Crippen LogP contribution in [0.1, 0.15) is 49.3 Å². The smallest absolute Gasteiger partial charge is 0.105 e. The van der Waals surface area contributed by atoms with E-state index in [0.717, 1.165) is 24.0 Å². The van der Waals surface area contributed by atoms with Crippen molar-refractivity contribution in [3.63, 3.8) is 0 Å². The van der Waals surface area contributed by atoms with E-state index in [9.17, 15) is 0 Å². The molecule has 3 heteroatoms. The molecular weight excluding hydrogens is 236 g/mol. The molecule has 2 fully saturated rings. The molecule has 106 valence electrons. The van der Waals surface area contributed by atoms with Gasteiger partial charge in [0, 0.05) is 30.7 Å². The molecule has 19 heavy (non-hydrogen) atoms. The third-order valence-electron chi connectivity index (χ3n) is 5.26. The van der Waals surface area contributed by atoms with E-state index in [4.69, 9.17) is 10.2 Å². The Labute approximate surface area is 116 Å². The number of nitrogens with two attached hydrogens (primary N) is 1. The van der Waals surface area contributed by atoms with Gasteiger partial charge in [0.1, 0.15) is 11.5 Å². The van der Waals surface area contributed by atoms with Gasteiger partial charge in [-0.3, -0.25) is 4.90 Å². The minimum absolute atomic E-state index is 0.420. The zero-order valence-electron chi connectivity index (χ0n) is 12.4. The van der Waals surface area contributed by atoms with Crippen LogP contribution in [0.25, 0.3) is 0 Å². The number of hydrogen-bond donors (Lipinski definition) is 1. The summed E-state index contributed by atoms with van der Waals surface area (Å²) in [5.74, 6) is 3.63. The van der Waals surface area contributed by atoms with Gasteiger partial charge < -0.3 is 10.2 Å². The van der Waals surface area contributed by atoms with E-state index in [0.29, 0.717) is 18.0 Å². The highest BCUT2D eigenvalue weighted by atomic mass is 16.3. The summed E-state index contributed by atoms with van der Waals surface area (Å²) in [5.41, 5.74) is 7.66. The molecule has 1 aliphatic carbocycles. The van der Waals surface area contributed by atoms with Crippen LogP contribution in [-0.2, 0) is 0 Å². The van der Waals surface area contributed by atoms with Crippen molar-refractivity contribution in [3.8, 4) is 0 Å². The molecule has 2 aliphatic rings. The van der Waals surface area contributed by atoms with E-state index in [1.54, 1.807) is 0 Å². The van der Waals surface area contributed by atoms with Crippen molar-refractivity contribution in [2.45, 2.75) is 52.1 Å². The molecule has 2 heterocycles. The predicted molar refractivity (Wildman–Crippen MR) is 77.0 cm³/mol. The molecule has 3 nitrogen and oxygen atoms in total. The number of hydrogen-bond acceptors (Lipinski definition) is 3. The average molecular weight is 262 g/mol. The van der Waals surface area contributed by atoms with Gasteiger partial charge in [-0.25, -0.2) is 0 Å². The molecule has 1 aliphatic heterocycles. The maximum Gasteiger partial charge on any atom is 0.105 e. The molecule has 2 N–H and O–H groups in total. The Hall–Kier alpha value is -0.800. The molecule has 4 atom stereocenters. The van der Waals surface area contributed by atoms with Crippen LogP contribution >= 0.6 is 0 Å². The van der Waals surface area contributed by atoms with Crippen molar-refractivity contribution >= 4 is 0 Å². The largest absolute Gasteiger partial charge is 0.466 e. The fraction of sp³-hybridized carbons (Fsp3) is 0.750. The Morgan fingerprint density at radius 3 is 2.74 bits per heavy atom. The van der Waals surface area contributed by atoms with Crippen LogP contribution in [0.2, 0.25) is 0 Å². The van der Waals surface area contributed by atoms with Crippen LogP contribution in [-0.4, -0.2) is 24.0 Å². The summed E-state index contributed by atoms with van der Waals surface area (Å²) < 4.78 is 5.68. The van der Waals surface area contributed by atoms with Crippen LogP contribution in [0.4, 0.5) is 0 Å². The van der Waals surface area contributed by atoms with Gasteiger partial charge in [-0.2, -0.15) is 0 Å². The molecule has 3 rings (SSSR count). The quantitative estimate of drug-likeness (QED) is 0.891. The van der Waals surface area contributed by atoms with Crippen LogP contribution in [0, 0.1) is 25.7 Å². The number of likely N-dealkylation sites (tertiary alicyclic amines) is 1. The molecule has 0 amide bonds. The van der Waals surface area contributed by atoms with E-state index in [-0.39, 0.29) is 0 Å². The second-order valence-electron chi connectivity index (χ2n) is 6.52. The Kier molecular flexibility index (Phi) is 3.44. The topological polar surface area (TPSA) is 42.4 Å². The van der Waals surface area contributed by atoms with Crippen LogP contribution < -0.4 is 5.73 Å². The van der Waals surface area contributed by atoms with Crippen LogP contribution in [0.3, 0.4) is 0 Å². The van der Waals surface area contributed by atoms with Gasteiger partial charge in [-0.05, 0) is 51.5 Å². The third kappa shape index (κ3) is 2.34. The van der Waals surface area contributed by atoms with Gasteiger partial charge in [0.25, 0.3) is 0 Å². The maximum atomic E-state index is 6.31. The van der Waals surface area contributed by atoms with E-state index < -0.39 is 0 Å². The Bertz CT molecular complexity index is 454. The molecule has 0 radical (unpaired) electrons. The van der Waals surface area contributed by atoms with Gasteiger partial charge in [0.05, 0.1) is 0 Å². The van der Waals surface area contributed by atoms with Crippen LogP contribution in [0.15, 0.2) is 10.5 Å². The predicted octanol–water partition coefficient (Wildman–Crippen LogP) is 3.02. The summed E-state index contributed by atoms with van der Waals surface area (Å²) in [7, 11) is 0. The molecule has 0 bridgehead atoms. The standard InChI is InChI=1S/C16H26N2O/c1-10-7-14(12(3)19-10)11(2)18-8-13-5-4-6-16(17)15(13)9-18/h7,11,13,15-16H,4-6,8-9,17H2,1-3H3. The lowest BCUT2D eigenvalue weighted by Crippen LogP contribution is -2.38. The Morgan fingerprint density at radius 1 is 1.32 bits per heavy atom. The minimum atomic E-state index is 0.420. The lowest BCUT2D eigenvalue weighted by molar-refractivity contribution is 0.243. The molecule has 4 unspecified atom stereocenters. The fourth-order valence-electron chi connectivity index (χ4n) is 4.13. The monoisotopic (exact) mass is 262 g/mol. The highest BCUT2D eigenvalue weighted by Crippen LogP contribution is 2.39. The van der Waals surface area contributed by atoms with Crippen molar-refractivity contribution in [2.75, 3.05) is 13.1 Å². The van der Waals surface area contributed by atoms with Crippen molar-refractivity contribution in [3.05, 3.63) is 23.2 Å². The number of nitrogens with zero attached hydrogens (tertiary/aromatic N) is 1.